The third-order valence-corrected chi connectivity index (χ3v) is 7.20. The maximum atomic E-state index is 13.1. The Morgan fingerprint density at radius 3 is 2.36 bits per heavy atom. The Kier molecular flexibility index (Phi) is 8.75. The first kappa shape index (κ1) is 26.7. The number of nitrogens with one attached hydrogen (secondary N) is 2. The summed E-state index contributed by atoms with van der Waals surface area (Å²) < 4.78 is 11.3. The second kappa shape index (κ2) is 12.8. The second-order valence-corrected chi connectivity index (χ2v) is 10.0. The minimum absolute atomic E-state index is 0.204. The van der Waals surface area contributed by atoms with Gasteiger partial charge in [0.1, 0.15) is 12.4 Å². The molecule has 2 heterocycles. The first-order chi connectivity index (χ1) is 19.0. The Hall–Kier alpha value is -3.88. The summed E-state index contributed by atoms with van der Waals surface area (Å²) in [5.74, 6) is 0.244. The Morgan fingerprint density at radius 1 is 0.846 bits per heavy atom. The number of likely N-dealkylation sites (tertiary alicyclic amines) is 1. The van der Waals surface area contributed by atoms with Crippen molar-refractivity contribution in [2.45, 2.75) is 19.8 Å². The molecule has 2 amide bonds. The molecule has 0 bridgehead atoms. The van der Waals surface area contributed by atoms with Gasteiger partial charge in [-0.2, -0.15) is 0 Å². The molecule has 0 radical (unpaired) electrons. The molecule has 204 valence electrons. The van der Waals surface area contributed by atoms with Crippen LogP contribution in [-0.4, -0.2) is 69.3 Å². The van der Waals surface area contributed by atoms with E-state index in [2.05, 4.69) is 20.4 Å². The summed E-state index contributed by atoms with van der Waals surface area (Å²) in [5, 5.41) is 5.95. The van der Waals surface area contributed by atoms with Crippen molar-refractivity contribution in [3.63, 3.8) is 0 Å². The lowest BCUT2D eigenvalue weighted by Gasteiger charge is -2.29. The number of rotatable bonds is 9. The molecule has 8 nitrogen and oxygen atoms in total. The first-order valence-electron chi connectivity index (χ1n) is 13.7. The van der Waals surface area contributed by atoms with E-state index in [9.17, 15) is 9.59 Å². The summed E-state index contributed by atoms with van der Waals surface area (Å²) in [5.41, 5.74) is 4.24. The molecule has 3 aromatic carbocycles. The van der Waals surface area contributed by atoms with Crippen LogP contribution >= 0.6 is 0 Å². The molecule has 2 saturated heterocycles. The lowest BCUT2D eigenvalue weighted by Crippen LogP contribution is -2.36. The van der Waals surface area contributed by atoms with Crippen molar-refractivity contribution in [2.24, 2.45) is 0 Å². The van der Waals surface area contributed by atoms with Crippen molar-refractivity contribution in [3.8, 4) is 5.75 Å². The standard InChI is InChI=1S/C31H36N4O4/c1-23-10-11-26(32-30(36)24-6-4-8-27(20-24)35-15-17-38-18-16-35)22-29(23)33-31(37)25-7-5-9-28(21-25)39-19-14-34-12-2-3-13-34/h4-11,20-22H,2-3,12-19H2,1H3,(H,32,36)(H,33,37). The second-order valence-electron chi connectivity index (χ2n) is 10.0. The van der Waals surface area contributed by atoms with Gasteiger partial charge >= 0.3 is 0 Å². The molecule has 2 fully saturated rings. The van der Waals surface area contributed by atoms with Gasteiger partial charge in [-0.05, 0) is 86.9 Å². The number of hydrogen-bond donors (Lipinski definition) is 2. The highest BCUT2D eigenvalue weighted by Crippen LogP contribution is 2.24. The van der Waals surface area contributed by atoms with Crippen LogP contribution in [0.4, 0.5) is 17.1 Å². The van der Waals surface area contributed by atoms with E-state index in [4.69, 9.17) is 9.47 Å². The van der Waals surface area contributed by atoms with Gasteiger partial charge in [0.15, 0.2) is 0 Å². The number of carbonyl (C=O) groups excluding carboxylic acids is 2. The van der Waals surface area contributed by atoms with E-state index in [1.165, 1.54) is 12.8 Å². The quantitative estimate of drug-likeness (QED) is 0.415. The van der Waals surface area contributed by atoms with Crippen molar-refractivity contribution >= 4 is 28.9 Å². The van der Waals surface area contributed by atoms with Gasteiger partial charge in [0.05, 0.1) is 13.2 Å². The predicted octanol–water partition coefficient (Wildman–Crippen LogP) is 4.81. The molecule has 3 aromatic rings. The third kappa shape index (κ3) is 7.16. The number of amides is 2. The Labute approximate surface area is 229 Å². The lowest BCUT2D eigenvalue weighted by atomic mass is 10.1. The van der Waals surface area contributed by atoms with Crippen molar-refractivity contribution in [1.29, 1.82) is 0 Å². The summed E-state index contributed by atoms with van der Waals surface area (Å²) >= 11 is 0. The zero-order valence-corrected chi connectivity index (χ0v) is 22.4. The number of nitrogens with zero attached hydrogens (tertiary/aromatic N) is 2. The molecule has 0 spiro atoms. The van der Waals surface area contributed by atoms with Crippen molar-refractivity contribution in [1.82, 2.24) is 4.90 Å². The molecule has 0 saturated carbocycles. The SMILES string of the molecule is Cc1ccc(NC(=O)c2cccc(N3CCOCC3)c2)cc1NC(=O)c1cccc(OCCN2CCCC2)c1. The third-order valence-electron chi connectivity index (χ3n) is 7.20. The fourth-order valence-corrected chi connectivity index (χ4v) is 4.92. The number of morpholine rings is 1. The van der Waals surface area contributed by atoms with Crippen LogP contribution < -0.4 is 20.3 Å². The van der Waals surface area contributed by atoms with Crippen LogP contribution in [0.25, 0.3) is 0 Å². The molecular formula is C31H36N4O4. The van der Waals surface area contributed by atoms with Crippen LogP contribution in [0.3, 0.4) is 0 Å². The maximum Gasteiger partial charge on any atom is 0.255 e. The van der Waals surface area contributed by atoms with Crippen LogP contribution in [-0.2, 0) is 4.74 Å². The van der Waals surface area contributed by atoms with E-state index >= 15 is 0 Å². The predicted molar refractivity (Wildman–Crippen MR) is 154 cm³/mol. The zero-order chi connectivity index (χ0) is 27.0. The van der Waals surface area contributed by atoms with Gasteiger partial charge in [-0.15, -0.1) is 0 Å². The molecule has 8 heteroatoms. The summed E-state index contributed by atoms with van der Waals surface area (Å²) in [7, 11) is 0. The summed E-state index contributed by atoms with van der Waals surface area (Å²) in [4.78, 5) is 30.7. The van der Waals surface area contributed by atoms with Crippen LogP contribution in [0.15, 0.2) is 66.7 Å². The van der Waals surface area contributed by atoms with Gasteiger partial charge in [-0.1, -0.05) is 18.2 Å². The molecule has 0 unspecified atom stereocenters. The number of ether oxygens (including phenoxy) is 2. The molecule has 2 aliphatic heterocycles. The zero-order valence-electron chi connectivity index (χ0n) is 22.4. The fourth-order valence-electron chi connectivity index (χ4n) is 4.92. The average molecular weight is 529 g/mol. The highest BCUT2D eigenvalue weighted by atomic mass is 16.5. The first-order valence-corrected chi connectivity index (χ1v) is 13.7. The molecule has 0 aromatic heterocycles. The van der Waals surface area contributed by atoms with Crippen LogP contribution in [0.1, 0.15) is 39.1 Å². The Balaban J connectivity index is 1.21. The Bertz CT molecular complexity index is 1300. The molecule has 2 N–H and O–H groups in total. The van der Waals surface area contributed by atoms with E-state index in [0.717, 1.165) is 44.0 Å². The summed E-state index contributed by atoms with van der Waals surface area (Å²) in [6.45, 7) is 8.66. The monoisotopic (exact) mass is 528 g/mol. The fraction of sp³-hybridized carbons (Fsp3) is 0.355. The molecule has 0 atom stereocenters. The molecule has 0 aliphatic carbocycles. The highest BCUT2D eigenvalue weighted by molar-refractivity contribution is 6.07. The van der Waals surface area contributed by atoms with Gasteiger partial charge < -0.3 is 25.0 Å². The molecule has 5 rings (SSSR count). The largest absolute Gasteiger partial charge is 0.492 e. The number of anilines is 3. The number of benzene rings is 3. The minimum atomic E-state index is -0.232. The molecule has 2 aliphatic rings. The van der Waals surface area contributed by atoms with Gasteiger partial charge in [0, 0.05) is 47.8 Å². The summed E-state index contributed by atoms with van der Waals surface area (Å²) in [6, 6.07) is 20.3. The van der Waals surface area contributed by atoms with E-state index in [-0.39, 0.29) is 11.8 Å². The Morgan fingerprint density at radius 2 is 1.56 bits per heavy atom. The van der Waals surface area contributed by atoms with Crippen molar-refractivity contribution in [3.05, 3.63) is 83.4 Å². The average Bonchev–Trinajstić information content (AvgIpc) is 3.49. The number of aryl methyl sites for hydroxylation is 1. The van der Waals surface area contributed by atoms with E-state index < -0.39 is 0 Å². The molecular weight excluding hydrogens is 492 g/mol. The van der Waals surface area contributed by atoms with E-state index in [0.29, 0.717) is 48.1 Å². The normalized spacial score (nSPS) is 15.7. The summed E-state index contributed by atoms with van der Waals surface area (Å²) in [6.07, 6.45) is 2.50. The van der Waals surface area contributed by atoms with Crippen molar-refractivity contribution in [2.75, 3.05) is 68.1 Å². The van der Waals surface area contributed by atoms with Gasteiger partial charge in [-0.25, -0.2) is 0 Å². The lowest BCUT2D eigenvalue weighted by molar-refractivity contribution is 0.101. The number of hydrogen-bond acceptors (Lipinski definition) is 6. The maximum absolute atomic E-state index is 13.1. The van der Waals surface area contributed by atoms with Crippen molar-refractivity contribution < 1.29 is 19.1 Å². The van der Waals surface area contributed by atoms with Crippen LogP contribution in [0.5, 0.6) is 5.75 Å². The molecule has 39 heavy (non-hydrogen) atoms. The van der Waals surface area contributed by atoms with Gasteiger partial charge in [0.25, 0.3) is 11.8 Å². The number of carbonyl (C=O) groups is 2. The van der Waals surface area contributed by atoms with E-state index in [1.807, 2.05) is 49.4 Å². The topological polar surface area (TPSA) is 83.1 Å². The van der Waals surface area contributed by atoms with Gasteiger partial charge in [-0.3, -0.25) is 14.5 Å². The van der Waals surface area contributed by atoms with Crippen LogP contribution in [0, 0.1) is 6.92 Å². The van der Waals surface area contributed by atoms with E-state index in [1.54, 1.807) is 24.3 Å². The smallest absolute Gasteiger partial charge is 0.255 e. The highest BCUT2D eigenvalue weighted by Gasteiger charge is 2.15. The van der Waals surface area contributed by atoms with Crippen LogP contribution in [0.2, 0.25) is 0 Å². The van der Waals surface area contributed by atoms with Gasteiger partial charge in [0.2, 0.25) is 0 Å². The minimum Gasteiger partial charge on any atom is -0.492 e.